The number of carbonyl (C=O) groups excluding carboxylic acids is 1. The Morgan fingerprint density at radius 1 is 1.58 bits per heavy atom. The first kappa shape index (κ1) is 13.5. The average Bonchev–Trinajstić information content (AvgIpc) is 2.33. The quantitative estimate of drug-likeness (QED) is 0.857. The van der Waals surface area contributed by atoms with Gasteiger partial charge in [0.1, 0.15) is 18.5 Å². The Bertz CT molecular complexity index is 495. The Kier molecular flexibility index (Phi) is 3.84. The van der Waals surface area contributed by atoms with Gasteiger partial charge in [0.15, 0.2) is 11.6 Å². The molecule has 0 fully saturated rings. The molecule has 1 aliphatic rings. The van der Waals surface area contributed by atoms with Crippen LogP contribution in [0.1, 0.15) is 18.6 Å². The topological polar surface area (TPSA) is 67.8 Å². The zero-order valence-electron chi connectivity index (χ0n) is 10.2. The third kappa shape index (κ3) is 2.76. The fraction of sp³-hybridized carbons (Fsp3) is 0.417. The third-order valence-corrected chi connectivity index (χ3v) is 2.72. The van der Waals surface area contributed by atoms with Crippen molar-refractivity contribution in [3.8, 4) is 5.75 Å². The van der Waals surface area contributed by atoms with Gasteiger partial charge in [-0.1, -0.05) is 0 Å². The van der Waals surface area contributed by atoms with E-state index in [1.165, 1.54) is 0 Å². The van der Waals surface area contributed by atoms with Gasteiger partial charge in [-0.15, -0.1) is 0 Å². The van der Waals surface area contributed by atoms with Gasteiger partial charge in [-0.25, -0.2) is 13.6 Å². The molecule has 0 saturated carbocycles. The van der Waals surface area contributed by atoms with Crippen molar-refractivity contribution in [1.82, 2.24) is 5.32 Å². The minimum absolute atomic E-state index is 0.0365. The molecule has 2 N–H and O–H groups in total. The molecule has 19 heavy (non-hydrogen) atoms. The highest BCUT2D eigenvalue weighted by Gasteiger charge is 2.33. The zero-order chi connectivity index (χ0) is 14.0. The molecule has 1 aliphatic heterocycles. The minimum Gasteiger partial charge on any atom is -0.488 e. The zero-order valence-corrected chi connectivity index (χ0v) is 10.2. The number of amides is 1. The van der Waals surface area contributed by atoms with E-state index in [1.807, 2.05) is 0 Å². The standard InChI is InChI=1S/C12H13F2NO4/c1-2-18-12(17)15-9-5-19-11-7(10(9)16)3-6(13)4-8(11)14/h3-4,9-10,16H,2,5H2,1H3,(H,15,17). The Balaban J connectivity index is 2.19. The minimum atomic E-state index is -1.27. The Labute approximate surface area is 108 Å². The van der Waals surface area contributed by atoms with E-state index in [-0.39, 0.29) is 24.5 Å². The van der Waals surface area contributed by atoms with Gasteiger partial charge in [0, 0.05) is 11.6 Å². The van der Waals surface area contributed by atoms with Crippen molar-refractivity contribution >= 4 is 6.09 Å². The first-order chi connectivity index (χ1) is 9.02. The number of halogens is 2. The van der Waals surface area contributed by atoms with Crippen LogP contribution in [0.3, 0.4) is 0 Å². The summed E-state index contributed by atoms with van der Waals surface area (Å²) in [6.07, 6.45) is -1.99. The lowest BCUT2D eigenvalue weighted by Crippen LogP contribution is -2.46. The van der Waals surface area contributed by atoms with Gasteiger partial charge in [0.25, 0.3) is 0 Å². The molecular weight excluding hydrogens is 260 g/mol. The molecule has 2 rings (SSSR count). The summed E-state index contributed by atoms with van der Waals surface area (Å²) in [6.45, 7) is 1.68. The summed E-state index contributed by atoms with van der Waals surface area (Å²) in [6, 6.07) is 0.819. The highest BCUT2D eigenvalue weighted by molar-refractivity contribution is 5.67. The van der Waals surface area contributed by atoms with E-state index < -0.39 is 29.9 Å². The largest absolute Gasteiger partial charge is 0.488 e. The summed E-state index contributed by atoms with van der Waals surface area (Å²) in [5, 5.41) is 12.4. The van der Waals surface area contributed by atoms with Gasteiger partial charge in [-0.05, 0) is 13.0 Å². The first-order valence-corrected chi connectivity index (χ1v) is 5.76. The second-order valence-corrected chi connectivity index (χ2v) is 4.03. The molecule has 0 saturated heterocycles. The lowest BCUT2D eigenvalue weighted by atomic mass is 9.99. The maximum Gasteiger partial charge on any atom is 0.407 e. The molecular formula is C12H13F2NO4. The van der Waals surface area contributed by atoms with Gasteiger partial charge in [0.2, 0.25) is 0 Å². The average molecular weight is 273 g/mol. The van der Waals surface area contributed by atoms with Crippen LogP contribution in [0.15, 0.2) is 12.1 Å². The lowest BCUT2D eigenvalue weighted by molar-refractivity contribution is 0.0637. The smallest absolute Gasteiger partial charge is 0.407 e. The molecule has 1 heterocycles. The van der Waals surface area contributed by atoms with Crippen LogP contribution in [0, 0.1) is 11.6 Å². The van der Waals surface area contributed by atoms with Crippen LogP contribution in [0.4, 0.5) is 13.6 Å². The Morgan fingerprint density at radius 3 is 3.00 bits per heavy atom. The monoisotopic (exact) mass is 273 g/mol. The number of benzene rings is 1. The molecule has 0 aliphatic carbocycles. The van der Waals surface area contributed by atoms with Gasteiger partial charge >= 0.3 is 6.09 Å². The fourth-order valence-corrected chi connectivity index (χ4v) is 1.88. The van der Waals surface area contributed by atoms with Crippen LogP contribution >= 0.6 is 0 Å². The summed E-state index contributed by atoms with van der Waals surface area (Å²) < 4.78 is 36.3. The normalized spacial score (nSPS) is 21.3. The molecule has 0 bridgehead atoms. The maximum absolute atomic E-state index is 13.4. The number of hydrogen-bond donors (Lipinski definition) is 2. The summed E-state index contributed by atoms with van der Waals surface area (Å²) >= 11 is 0. The number of rotatable bonds is 2. The highest BCUT2D eigenvalue weighted by Crippen LogP contribution is 2.35. The van der Waals surface area contributed by atoms with Crippen molar-refractivity contribution < 1.29 is 28.2 Å². The predicted molar refractivity (Wildman–Crippen MR) is 60.8 cm³/mol. The van der Waals surface area contributed by atoms with Gasteiger partial charge in [0.05, 0.1) is 12.6 Å². The van der Waals surface area contributed by atoms with E-state index in [2.05, 4.69) is 10.1 Å². The van der Waals surface area contributed by atoms with Crippen molar-refractivity contribution in [1.29, 1.82) is 0 Å². The van der Waals surface area contributed by atoms with Gasteiger partial charge in [-0.3, -0.25) is 0 Å². The molecule has 2 unspecified atom stereocenters. The van der Waals surface area contributed by atoms with Gasteiger partial charge in [-0.2, -0.15) is 0 Å². The lowest BCUT2D eigenvalue weighted by Gasteiger charge is -2.30. The van der Waals surface area contributed by atoms with Crippen LogP contribution in [0.25, 0.3) is 0 Å². The Morgan fingerprint density at radius 2 is 2.32 bits per heavy atom. The summed E-state index contributed by atoms with van der Waals surface area (Å²) in [5.74, 6) is -1.91. The van der Waals surface area contributed by atoms with Crippen molar-refractivity contribution in [2.45, 2.75) is 19.1 Å². The van der Waals surface area contributed by atoms with E-state index in [4.69, 9.17) is 4.74 Å². The number of ether oxygens (including phenoxy) is 2. The SMILES string of the molecule is CCOC(=O)NC1COc2c(F)cc(F)cc2C1O. The summed E-state index contributed by atoms with van der Waals surface area (Å²) in [4.78, 5) is 11.3. The van der Waals surface area contributed by atoms with Crippen molar-refractivity contribution in [3.63, 3.8) is 0 Å². The molecule has 0 spiro atoms. The molecule has 2 atom stereocenters. The molecule has 1 aromatic carbocycles. The second-order valence-electron chi connectivity index (χ2n) is 4.03. The summed E-state index contributed by atoms with van der Waals surface area (Å²) in [7, 11) is 0. The molecule has 104 valence electrons. The van der Waals surface area contributed by atoms with E-state index >= 15 is 0 Å². The predicted octanol–water partition coefficient (Wildman–Crippen LogP) is 1.51. The third-order valence-electron chi connectivity index (χ3n) is 2.72. The number of aliphatic hydroxyl groups is 1. The van der Waals surface area contributed by atoms with E-state index in [9.17, 15) is 18.7 Å². The molecule has 0 radical (unpaired) electrons. The number of hydrogen-bond acceptors (Lipinski definition) is 4. The number of fused-ring (bicyclic) bond motifs is 1. The number of alkyl carbamates (subject to hydrolysis) is 1. The maximum atomic E-state index is 13.4. The van der Waals surface area contributed by atoms with Gasteiger partial charge < -0.3 is 19.9 Å². The number of nitrogens with one attached hydrogen (secondary N) is 1. The Hall–Kier alpha value is -1.89. The fourth-order valence-electron chi connectivity index (χ4n) is 1.88. The number of aliphatic hydroxyl groups excluding tert-OH is 1. The molecule has 0 aromatic heterocycles. The van der Waals surface area contributed by atoms with E-state index in [0.717, 1.165) is 6.07 Å². The second kappa shape index (κ2) is 5.40. The van der Waals surface area contributed by atoms with Crippen molar-refractivity contribution in [2.75, 3.05) is 13.2 Å². The van der Waals surface area contributed by atoms with Crippen molar-refractivity contribution in [3.05, 3.63) is 29.3 Å². The van der Waals surface area contributed by atoms with E-state index in [1.54, 1.807) is 6.92 Å². The van der Waals surface area contributed by atoms with Crippen LogP contribution in [0.2, 0.25) is 0 Å². The highest BCUT2D eigenvalue weighted by atomic mass is 19.1. The van der Waals surface area contributed by atoms with Crippen LogP contribution in [-0.2, 0) is 4.74 Å². The van der Waals surface area contributed by atoms with Crippen LogP contribution < -0.4 is 10.1 Å². The van der Waals surface area contributed by atoms with Crippen molar-refractivity contribution in [2.24, 2.45) is 0 Å². The molecule has 1 aromatic rings. The molecule has 1 amide bonds. The number of carbonyl (C=O) groups is 1. The first-order valence-electron chi connectivity index (χ1n) is 5.76. The molecule has 7 heteroatoms. The summed E-state index contributed by atoms with van der Waals surface area (Å²) in [5.41, 5.74) is -0.0365. The van der Waals surface area contributed by atoms with Crippen LogP contribution in [0.5, 0.6) is 5.75 Å². The molecule has 5 nitrogen and oxygen atoms in total. The van der Waals surface area contributed by atoms with Crippen LogP contribution in [-0.4, -0.2) is 30.5 Å². The van der Waals surface area contributed by atoms with E-state index in [0.29, 0.717) is 6.07 Å².